The molecule has 0 aliphatic carbocycles. The van der Waals surface area contributed by atoms with Gasteiger partial charge < -0.3 is 5.32 Å². The van der Waals surface area contributed by atoms with E-state index in [1.807, 2.05) is 13.0 Å². The summed E-state index contributed by atoms with van der Waals surface area (Å²) in [5, 5.41) is 3.30. The molecule has 6 heteroatoms. The van der Waals surface area contributed by atoms with Crippen LogP contribution >= 0.6 is 15.9 Å². The van der Waals surface area contributed by atoms with Gasteiger partial charge in [-0.2, -0.15) is 0 Å². The molecule has 1 aromatic carbocycles. The average Bonchev–Trinajstić information content (AvgIpc) is 2.37. The Hall–Kier alpha value is -0.430. The Bertz CT molecular complexity index is 561. The first-order chi connectivity index (χ1) is 9.31. The maximum Gasteiger partial charge on any atom is 0.240 e. The third-order valence-corrected chi connectivity index (χ3v) is 5.66. The van der Waals surface area contributed by atoms with Crippen molar-refractivity contribution >= 4 is 26.0 Å². The van der Waals surface area contributed by atoms with Gasteiger partial charge in [-0.15, -0.1) is 0 Å². The highest BCUT2D eigenvalue weighted by Gasteiger charge is 2.28. The number of rotatable bonds is 4. The molecule has 0 radical (unpaired) electrons. The van der Waals surface area contributed by atoms with Crippen molar-refractivity contribution in [2.45, 2.75) is 31.6 Å². The molecule has 0 amide bonds. The molecule has 20 heavy (non-hydrogen) atoms. The molecule has 0 saturated carbocycles. The van der Waals surface area contributed by atoms with E-state index in [1.54, 1.807) is 12.1 Å². The number of piperidine rings is 1. The highest BCUT2D eigenvalue weighted by Crippen LogP contribution is 2.27. The lowest BCUT2D eigenvalue weighted by atomic mass is 9.81. The summed E-state index contributed by atoms with van der Waals surface area (Å²) in [4.78, 5) is 0.321. The topological polar surface area (TPSA) is 58.2 Å². The molecule has 1 aliphatic heterocycles. The van der Waals surface area contributed by atoms with Gasteiger partial charge in [0.05, 0.1) is 4.90 Å². The zero-order chi connectivity index (χ0) is 14.8. The highest BCUT2D eigenvalue weighted by atomic mass is 79.9. The van der Waals surface area contributed by atoms with E-state index in [-0.39, 0.29) is 5.41 Å². The summed E-state index contributed by atoms with van der Waals surface area (Å²) in [6, 6.07) is 5.23. The fraction of sp³-hybridized carbons (Fsp3) is 0.571. The van der Waals surface area contributed by atoms with E-state index in [4.69, 9.17) is 0 Å². The molecule has 112 valence electrons. The molecule has 1 saturated heterocycles. The molecule has 0 unspecified atom stereocenters. The van der Waals surface area contributed by atoms with Crippen LogP contribution in [0.1, 0.15) is 25.3 Å². The molecule has 0 spiro atoms. The maximum atomic E-state index is 12.4. The Balaban J connectivity index is 2.11. The second kappa shape index (κ2) is 6.13. The molecule has 1 aliphatic rings. The average molecular weight is 361 g/mol. The maximum absolute atomic E-state index is 12.4. The zero-order valence-corrected chi connectivity index (χ0v) is 14.3. The fourth-order valence-electron chi connectivity index (χ4n) is 2.42. The van der Waals surface area contributed by atoms with Crippen LogP contribution in [0.4, 0.5) is 0 Å². The number of benzene rings is 1. The minimum atomic E-state index is -3.44. The molecule has 4 nitrogen and oxygen atoms in total. The van der Waals surface area contributed by atoms with E-state index in [2.05, 4.69) is 32.9 Å². The van der Waals surface area contributed by atoms with Gasteiger partial charge in [-0.1, -0.05) is 22.9 Å². The molecule has 1 fully saturated rings. The van der Waals surface area contributed by atoms with Crippen molar-refractivity contribution in [1.82, 2.24) is 10.0 Å². The number of halogens is 1. The highest BCUT2D eigenvalue weighted by molar-refractivity contribution is 9.10. The van der Waals surface area contributed by atoms with Gasteiger partial charge >= 0.3 is 0 Å². The van der Waals surface area contributed by atoms with E-state index < -0.39 is 10.0 Å². The van der Waals surface area contributed by atoms with Crippen LogP contribution in [0, 0.1) is 12.3 Å². The van der Waals surface area contributed by atoms with Crippen LogP contribution in [-0.2, 0) is 10.0 Å². The van der Waals surface area contributed by atoms with Crippen LogP contribution in [-0.4, -0.2) is 28.1 Å². The van der Waals surface area contributed by atoms with Crippen molar-refractivity contribution in [3.63, 3.8) is 0 Å². The summed E-state index contributed by atoms with van der Waals surface area (Å²) < 4.78 is 28.3. The van der Waals surface area contributed by atoms with Crippen molar-refractivity contribution in [2.24, 2.45) is 5.41 Å². The lowest BCUT2D eigenvalue weighted by Gasteiger charge is -2.34. The van der Waals surface area contributed by atoms with Gasteiger partial charge in [0.25, 0.3) is 0 Å². The quantitative estimate of drug-likeness (QED) is 0.866. The Morgan fingerprint density at radius 3 is 2.55 bits per heavy atom. The lowest BCUT2D eigenvalue weighted by molar-refractivity contribution is 0.232. The van der Waals surface area contributed by atoms with Crippen LogP contribution in [0.3, 0.4) is 0 Å². The predicted octanol–water partition coefficient (Wildman–Crippen LogP) is 2.43. The van der Waals surface area contributed by atoms with Gasteiger partial charge in [-0.25, -0.2) is 13.1 Å². The van der Waals surface area contributed by atoms with Gasteiger partial charge in [0.15, 0.2) is 0 Å². The van der Waals surface area contributed by atoms with Gasteiger partial charge in [0.1, 0.15) is 0 Å². The van der Waals surface area contributed by atoms with Gasteiger partial charge in [-0.05, 0) is 62.0 Å². The largest absolute Gasteiger partial charge is 0.317 e. The summed E-state index contributed by atoms with van der Waals surface area (Å²) in [6.07, 6.45) is 1.99. The number of nitrogens with one attached hydrogen (secondary N) is 2. The molecule has 2 N–H and O–H groups in total. The van der Waals surface area contributed by atoms with E-state index in [0.29, 0.717) is 11.4 Å². The lowest BCUT2D eigenvalue weighted by Crippen LogP contribution is -2.42. The summed E-state index contributed by atoms with van der Waals surface area (Å²) >= 11 is 3.34. The normalized spacial score (nSPS) is 18.9. The fourth-order valence-corrected chi connectivity index (χ4v) is 4.51. The smallest absolute Gasteiger partial charge is 0.240 e. The number of sulfonamides is 1. The molecule has 0 aromatic heterocycles. The number of hydrogen-bond donors (Lipinski definition) is 2. The third kappa shape index (κ3) is 4.04. The zero-order valence-electron chi connectivity index (χ0n) is 11.9. The van der Waals surface area contributed by atoms with Crippen molar-refractivity contribution in [1.29, 1.82) is 0 Å². The van der Waals surface area contributed by atoms with E-state index in [0.717, 1.165) is 36.0 Å². The number of hydrogen-bond acceptors (Lipinski definition) is 3. The molecule has 0 atom stereocenters. The van der Waals surface area contributed by atoms with Crippen LogP contribution in [0.5, 0.6) is 0 Å². The first kappa shape index (κ1) is 15.9. The molecule has 1 heterocycles. The van der Waals surface area contributed by atoms with E-state index in [1.165, 1.54) is 0 Å². The SMILES string of the molecule is Cc1cc(Br)cc(S(=O)(=O)NCC2(C)CCNCC2)c1. The molecular formula is C14H21BrN2O2S. The van der Waals surface area contributed by atoms with Crippen LogP contribution in [0.25, 0.3) is 0 Å². The van der Waals surface area contributed by atoms with Crippen molar-refractivity contribution in [2.75, 3.05) is 19.6 Å². The van der Waals surface area contributed by atoms with Crippen LogP contribution in [0.2, 0.25) is 0 Å². The van der Waals surface area contributed by atoms with Crippen LogP contribution < -0.4 is 10.0 Å². The molecule has 1 aromatic rings. The molecule has 2 rings (SSSR count). The minimum absolute atomic E-state index is 0.0410. The Kier molecular flexibility index (Phi) is 4.89. The first-order valence-corrected chi connectivity index (χ1v) is 9.06. The Morgan fingerprint density at radius 1 is 1.30 bits per heavy atom. The van der Waals surface area contributed by atoms with Crippen molar-refractivity contribution in [3.05, 3.63) is 28.2 Å². The summed E-state index contributed by atoms with van der Waals surface area (Å²) in [5.74, 6) is 0. The van der Waals surface area contributed by atoms with Crippen molar-refractivity contribution < 1.29 is 8.42 Å². The monoisotopic (exact) mass is 360 g/mol. The van der Waals surface area contributed by atoms with Gasteiger partial charge in [-0.3, -0.25) is 0 Å². The predicted molar refractivity (Wildman–Crippen MR) is 84.3 cm³/mol. The third-order valence-electron chi connectivity index (χ3n) is 3.83. The first-order valence-electron chi connectivity index (χ1n) is 6.78. The minimum Gasteiger partial charge on any atom is -0.317 e. The molecule has 0 bridgehead atoms. The summed E-state index contributed by atoms with van der Waals surface area (Å²) in [7, 11) is -3.44. The molecular weight excluding hydrogens is 340 g/mol. The van der Waals surface area contributed by atoms with Gasteiger partial charge in [0, 0.05) is 11.0 Å². The summed E-state index contributed by atoms with van der Waals surface area (Å²) in [5.41, 5.74) is 0.965. The number of aryl methyl sites for hydroxylation is 1. The van der Waals surface area contributed by atoms with Crippen LogP contribution in [0.15, 0.2) is 27.6 Å². The van der Waals surface area contributed by atoms with E-state index >= 15 is 0 Å². The Labute approximate surface area is 129 Å². The van der Waals surface area contributed by atoms with Crippen molar-refractivity contribution in [3.8, 4) is 0 Å². The Morgan fingerprint density at radius 2 is 1.95 bits per heavy atom. The van der Waals surface area contributed by atoms with Gasteiger partial charge in [0.2, 0.25) is 10.0 Å². The second-order valence-electron chi connectivity index (χ2n) is 5.85. The summed E-state index contributed by atoms with van der Waals surface area (Å²) in [6.45, 7) is 6.42. The second-order valence-corrected chi connectivity index (χ2v) is 8.53. The van der Waals surface area contributed by atoms with E-state index in [9.17, 15) is 8.42 Å². The standard InChI is InChI=1S/C14H21BrN2O2S/c1-11-7-12(15)9-13(8-11)20(18,19)17-10-14(2)3-5-16-6-4-14/h7-9,16-17H,3-6,10H2,1-2H3.